The summed E-state index contributed by atoms with van der Waals surface area (Å²) in [6.07, 6.45) is 3.47. The van der Waals surface area contributed by atoms with Crippen LogP contribution in [0, 0.1) is 11.8 Å². The minimum Gasteiger partial charge on any atom is -0.384 e. The summed E-state index contributed by atoms with van der Waals surface area (Å²) in [4.78, 5) is 17.2. The third kappa shape index (κ3) is 4.09. The lowest BCUT2D eigenvalue weighted by atomic mass is 10.2. The molecule has 106 valence electrons. The zero-order chi connectivity index (χ0) is 15.1. The first-order chi connectivity index (χ1) is 10.2. The maximum Gasteiger partial charge on any atom is 0.274 e. The van der Waals surface area contributed by atoms with E-state index in [9.17, 15) is 4.79 Å². The highest BCUT2D eigenvalue weighted by molar-refractivity contribution is 7.98. The first kappa shape index (κ1) is 15.1. The van der Waals surface area contributed by atoms with Gasteiger partial charge in [-0.15, -0.1) is 11.8 Å². The van der Waals surface area contributed by atoms with E-state index in [1.807, 2.05) is 30.5 Å². The summed E-state index contributed by atoms with van der Waals surface area (Å²) in [6, 6.07) is 10.9. The van der Waals surface area contributed by atoms with E-state index in [1.54, 1.807) is 23.9 Å². The number of nitrogens with zero attached hydrogens (tertiary/aromatic N) is 1. The SMILES string of the molecule is CSc1ccccc1NC(=O)c1ccc(C#CCO)cn1. The first-order valence-electron chi connectivity index (χ1n) is 6.24. The Balaban J connectivity index is 2.13. The minimum absolute atomic E-state index is 0.201. The Morgan fingerprint density at radius 3 is 2.81 bits per heavy atom. The fraction of sp³-hybridized carbons (Fsp3) is 0.125. The Bertz CT molecular complexity index is 687. The molecule has 1 aromatic carbocycles. The van der Waals surface area contributed by atoms with E-state index < -0.39 is 0 Å². The number of carbonyl (C=O) groups excluding carboxylic acids is 1. The summed E-state index contributed by atoms with van der Waals surface area (Å²) in [6.45, 7) is -0.201. The van der Waals surface area contributed by atoms with Crippen molar-refractivity contribution in [2.75, 3.05) is 18.2 Å². The van der Waals surface area contributed by atoms with Crippen molar-refractivity contribution in [1.82, 2.24) is 4.98 Å². The summed E-state index contributed by atoms with van der Waals surface area (Å²) in [5.41, 5.74) is 1.74. The van der Waals surface area contributed by atoms with Crippen LogP contribution >= 0.6 is 11.8 Å². The van der Waals surface area contributed by atoms with Gasteiger partial charge < -0.3 is 10.4 Å². The molecule has 0 bridgehead atoms. The Kier molecular flexibility index (Phi) is 5.38. The number of anilines is 1. The van der Waals surface area contributed by atoms with E-state index in [1.165, 1.54) is 6.20 Å². The second-order valence-electron chi connectivity index (χ2n) is 4.05. The largest absolute Gasteiger partial charge is 0.384 e. The van der Waals surface area contributed by atoms with E-state index in [4.69, 9.17) is 5.11 Å². The molecule has 4 nitrogen and oxygen atoms in total. The third-order valence-electron chi connectivity index (χ3n) is 2.66. The number of carbonyl (C=O) groups is 1. The van der Waals surface area contributed by atoms with Gasteiger partial charge in [0.2, 0.25) is 0 Å². The highest BCUT2D eigenvalue weighted by atomic mass is 32.2. The number of thioether (sulfide) groups is 1. The summed E-state index contributed by atoms with van der Waals surface area (Å²) in [7, 11) is 0. The number of pyridine rings is 1. The second kappa shape index (κ2) is 7.48. The summed E-state index contributed by atoms with van der Waals surface area (Å²) in [5.74, 6) is 5.00. The molecular weight excluding hydrogens is 284 g/mol. The predicted octanol–water partition coefficient (Wildman–Crippen LogP) is 2.40. The average molecular weight is 298 g/mol. The number of rotatable bonds is 3. The van der Waals surface area contributed by atoms with E-state index in [2.05, 4.69) is 22.1 Å². The van der Waals surface area contributed by atoms with Crippen LogP contribution in [0.5, 0.6) is 0 Å². The summed E-state index contributed by atoms with van der Waals surface area (Å²) >= 11 is 1.57. The predicted molar refractivity (Wildman–Crippen MR) is 84.4 cm³/mol. The van der Waals surface area contributed by atoms with Gasteiger partial charge in [-0.2, -0.15) is 0 Å². The Morgan fingerprint density at radius 1 is 1.33 bits per heavy atom. The number of aliphatic hydroxyl groups excluding tert-OH is 1. The molecule has 0 atom stereocenters. The van der Waals surface area contributed by atoms with Crippen LogP contribution in [-0.2, 0) is 0 Å². The number of aromatic nitrogens is 1. The van der Waals surface area contributed by atoms with Crippen LogP contribution in [0.15, 0.2) is 47.5 Å². The number of hydrogen-bond acceptors (Lipinski definition) is 4. The highest BCUT2D eigenvalue weighted by Gasteiger charge is 2.09. The van der Waals surface area contributed by atoms with Gasteiger partial charge in [-0.1, -0.05) is 24.0 Å². The Labute approximate surface area is 127 Å². The topological polar surface area (TPSA) is 62.2 Å². The number of amides is 1. The van der Waals surface area contributed by atoms with E-state index in [-0.39, 0.29) is 12.5 Å². The molecule has 0 unspecified atom stereocenters. The molecule has 0 spiro atoms. The molecule has 1 amide bonds. The van der Waals surface area contributed by atoms with Gasteiger partial charge >= 0.3 is 0 Å². The van der Waals surface area contributed by atoms with Crippen molar-refractivity contribution in [1.29, 1.82) is 0 Å². The highest BCUT2D eigenvalue weighted by Crippen LogP contribution is 2.24. The van der Waals surface area contributed by atoms with Crippen LogP contribution in [0.3, 0.4) is 0 Å². The van der Waals surface area contributed by atoms with Gasteiger partial charge in [-0.3, -0.25) is 4.79 Å². The van der Waals surface area contributed by atoms with Gasteiger partial charge in [0.15, 0.2) is 0 Å². The number of nitrogens with one attached hydrogen (secondary N) is 1. The van der Waals surface area contributed by atoms with Crippen molar-refractivity contribution in [3.63, 3.8) is 0 Å². The number of hydrogen-bond donors (Lipinski definition) is 2. The zero-order valence-corrected chi connectivity index (χ0v) is 12.3. The Hall–Kier alpha value is -2.29. The van der Waals surface area contributed by atoms with Crippen LogP contribution < -0.4 is 5.32 Å². The number of para-hydroxylation sites is 1. The first-order valence-corrected chi connectivity index (χ1v) is 7.47. The van der Waals surface area contributed by atoms with Gasteiger partial charge in [0.1, 0.15) is 12.3 Å². The minimum atomic E-state index is -0.266. The van der Waals surface area contributed by atoms with Crippen LogP contribution in [0.4, 0.5) is 5.69 Å². The lowest BCUT2D eigenvalue weighted by Gasteiger charge is -2.08. The van der Waals surface area contributed by atoms with Crippen LogP contribution in [0.25, 0.3) is 0 Å². The third-order valence-corrected chi connectivity index (χ3v) is 3.46. The fourth-order valence-electron chi connectivity index (χ4n) is 1.68. The maximum atomic E-state index is 12.1. The molecule has 0 radical (unpaired) electrons. The van der Waals surface area contributed by atoms with Gasteiger partial charge in [0.25, 0.3) is 5.91 Å². The lowest BCUT2D eigenvalue weighted by Crippen LogP contribution is -2.14. The lowest BCUT2D eigenvalue weighted by molar-refractivity contribution is 0.102. The second-order valence-corrected chi connectivity index (χ2v) is 4.89. The van der Waals surface area contributed by atoms with Crippen molar-refractivity contribution in [3.05, 3.63) is 53.9 Å². The quantitative estimate of drug-likeness (QED) is 0.675. The average Bonchev–Trinajstić information content (AvgIpc) is 2.54. The molecule has 2 N–H and O–H groups in total. The molecule has 0 fully saturated rings. The van der Waals surface area contributed by atoms with Gasteiger partial charge in [0.05, 0.1) is 5.69 Å². The van der Waals surface area contributed by atoms with Gasteiger partial charge in [-0.05, 0) is 30.5 Å². The van der Waals surface area contributed by atoms with Crippen LogP contribution in [0.2, 0.25) is 0 Å². The van der Waals surface area contributed by atoms with Crippen molar-refractivity contribution in [3.8, 4) is 11.8 Å². The monoisotopic (exact) mass is 298 g/mol. The molecule has 21 heavy (non-hydrogen) atoms. The molecule has 2 rings (SSSR count). The molecule has 0 saturated carbocycles. The normalized spacial score (nSPS) is 9.62. The summed E-state index contributed by atoms with van der Waals surface area (Å²) < 4.78 is 0. The standard InChI is InChI=1S/C16H14N2O2S/c1-21-15-7-3-2-6-13(15)18-16(20)14-9-8-12(11-17-14)5-4-10-19/h2-3,6-9,11,19H,10H2,1H3,(H,18,20). The molecule has 0 aliphatic rings. The molecular formula is C16H14N2O2S. The van der Waals surface area contributed by atoms with Crippen molar-refractivity contribution in [2.24, 2.45) is 0 Å². The van der Waals surface area contributed by atoms with E-state index >= 15 is 0 Å². The van der Waals surface area contributed by atoms with Crippen molar-refractivity contribution in [2.45, 2.75) is 4.90 Å². The zero-order valence-electron chi connectivity index (χ0n) is 11.5. The van der Waals surface area contributed by atoms with Crippen LogP contribution in [-0.4, -0.2) is 28.9 Å². The smallest absolute Gasteiger partial charge is 0.274 e. The van der Waals surface area contributed by atoms with E-state index in [0.29, 0.717) is 11.3 Å². The number of aliphatic hydroxyl groups is 1. The van der Waals surface area contributed by atoms with E-state index in [0.717, 1.165) is 10.6 Å². The fourth-order valence-corrected chi connectivity index (χ4v) is 2.23. The molecule has 5 heteroatoms. The Morgan fingerprint density at radius 2 is 2.14 bits per heavy atom. The molecule has 0 aliphatic heterocycles. The summed E-state index contributed by atoms with van der Waals surface area (Å²) in [5, 5.41) is 11.5. The van der Waals surface area contributed by atoms with Crippen molar-refractivity contribution >= 4 is 23.4 Å². The molecule has 0 aliphatic carbocycles. The molecule has 1 aromatic heterocycles. The van der Waals surface area contributed by atoms with Crippen molar-refractivity contribution < 1.29 is 9.90 Å². The van der Waals surface area contributed by atoms with Gasteiger partial charge in [-0.25, -0.2) is 4.98 Å². The maximum absolute atomic E-state index is 12.1. The number of benzene rings is 1. The molecule has 2 aromatic rings. The van der Waals surface area contributed by atoms with Crippen LogP contribution in [0.1, 0.15) is 16.1 Å². The molecule has 0 saturated heterocycles. The van der Waals surface area contributed by atoms with Gasteiger partial charge in [0, 0.05) is 16.7 Å². The molecule has 1 heterocycles.